The highest BCUT2D eigenvalue weighted by atomic mass is 32.2. The third-order valence-electron chi connectivity index (χ3n) is 4.78. The normalized spacial score (nSPS) is 17.6. The molecule has 2 heterocycles. The van der Waals surface area contributed by atoms with Crippen LogP contribution in [0.25, 0.3) is 6.08 Å². The predicted molar refractivity (Wildman–Crippen MR) is 107 cm³/mol. The lowest BCUT2D eigenvalue weighted by Crippen LogP contribution is -3.15. The van der Waals surface area contributed by atoms with E-state index in [1.165, 1.54) is 9.71 Å². The number of carbonyl (C=O) groups is 1. The average Bonchev–Trinajstić information content (AvgIpc) is 3.23. The van der Waals surface area contributed by atoms with Crippen LogP contribution in [0.5, 0.6) is 0 Å². The van der Waals surface area contributed by atoms with Crippen LogP contribution in [0, 0.1) is 0 Å². The van der Waals surface area contributed by atoms with E-state index >= 15 is 0 Å². The highest BCUT2D eigenvalue weighted by molar-refractivity contribution is 7.92. The van der Waals surface area contributed by atoms with Gasteiger partial charge in [0.05, 0.1) is 38.5 Å². The molecule has 1 aromatic carbocycles. The fourth-order valence-corrected chi connectivity index (χ4v) is 4.37. The summed E-state index contributed by atoms with van der Waals surface area (Å²) in [5.41, 5.74) is 0.845. The Hall–Kier alpha value is -2.42. The number of rotatable bonds is 7. The van der Waals surface area contributed by atoms with Gasteiger partial charge in [-0.15, -0.1) is 0 Å². The van der Waals surface area contributed by atoms with Crippen molar-refractivity contribution in [3.63, 3.8) is 0 Å². The van der Waals surface area contributed by atoms with Gasteiger partial charge in [-0.25, -0.2) is 8.42 Å². The van der Waals surface area contributed by atoms with Gasteiger partial charge in [-0.1, -0.05) is 30.3 Å². The zero-order valence-electron chi connectivity index (χ0n) is 15.9. The molecule has 2 aromatic rings. The van der Waals surface area contributed by atoms with Crippen molar-refractivity contribution in [1.29, 1.82) is 0 Å². The number of amides is 1. The Morgan fingerprint density at radius 3 is 2.57 bits per heavy atom. The van der Waals surface area contributed by atoms with Gasteiger partial charge in [0.15, 0.2) is 6.54 Å². The van der Waals surface area contributed by atoms with Crippen molar-refractivity contribution in [2.75, 3.05) is 32.7 Å². The Kier molecular flexibility index (Phi) is 6.66. The number of hydrogen-bond acceptors (Lipinski definition) is 4. The zero-order valence-corrected chi connectivity index (χ0v) is 16.7. The molecule has 7 nitrogen and oxygen atoms in total. The van der Waals surface area contributed by atoms with Gasteiger partial charge in [0.25, 0.3) is 5.91 Å². The molecule has 0 spiro atoms. The van der Waals surface area contributed by atoms with E-state index < -0.39 is 10.0 Å². The zero-order chi connectivity index (χ0) is 20.0. The molecule has 1 aliphatic heterocycles. The Balaban J connectivity index is 1.47. The minimum absolute atomic E-state index is 0.0702. The Labute approximate surface area is 165 Å². The topological polar surface area (TPSA) is 84.1 Å². The van der Waals surface area contributed by atoms with E-state index in [1.807, 2.05) is 43.3 Å². The summed E-state index contributed by atoms with van der Waals surface area (Å²) >= 11 is 0. The average molecular weight is 405 g/mol. The summed E-state index contributed by atoms with van der Waals surface area (Å²) in [5, 5.41) is 4.17. The van der Waals surface area contributed by atoms with Crippen LogP contribution >= 0.6 is 0 Å². The summed E-state index contributed by atoms with van der Waals surface area (Å²) < 4.78 is 31.8. The van der Waals surface area contributed by atoms with Crippen LogP contribution in [-0.4, -0.2) is 51.4 Å². The molecule has 1 aliphatic rings. The molecule has 0 radical (unpaired) electrons. The molecule has 0 bridgehead atoms. The van der Waals surface area contributed by atoms with Gasteiger partial charge in [0.2, 0.25) is 10.0 Å². The quantitative estimate of drug-likeness (QED) is 0.710. The van der Waals surface area contributed by atoms with E-state index in [0.29, 0.717) is 38.5 Å². The number of sulfonamides is 1. The molecule has 28 heavy (non-hydrogen) atoms. The molecule has 2 N–H and O–H groups in total. The molecule has 0 saturated carbocycles. The molecule has 1 atom stereocenters. The first-order chi connectivity index (χ1) is 13.4. The third kappa shape index (κ3) is 5.54. The Morgan fingerprint density at radius 2 is 1.93 bits per heavy atom. The molecule has 150 valence electrons. The summed E-state index contributed by atoms with van der Waals surface area (Å²) in [6.07, 6.45) is 3.19. The predicted octanol–water partition coefficient (Wildman–Crippen LogP) is 0.658. The number of piperazine rings is 1. The highest BCUT2D eigenvalue weighted by Crippen LogP contribution is 2.11. The molecule has 0 aliphatic carbocycles. The number of nitrogens with zero attached hydrogens (tertiary/aromatic N) is 1. The summed E-state index contributed by atoms with van der Waals surface area (Å²) in [4.78, 5) is 13.3. The van der Waals surface area contributed by atoms with E-state index in [0.717, 1.165) is 10.5 Å². The maximum atomic E-state index is 12.5. The molecule has 1 amide bonds. The number of furan rings is 1. The molecule has 1 saturated heterocycles. The van der Waals surface area contributed by atoms with Crippen molar-refractivity contribution < 1.29 is 22.5 Å². The highest BCUT2D eigenvalue weighted by Gasteiger charge is 2.28. The van der Waals surface area contributed by atoms with E-state index in [9.17, 15) is 13.2 Å². The van der Waals surface area contributed by atoms with Crippen molar-refractivity contribution >= 4 is 22.0 Å². The SMILES string of the molecule is C[C@@H](NC(=O)C[NH+]1CCN(S(=O)(=O)/C=C/c2ccccc2)CC1)c1ccco1. The van der Waals surface area contributed by atoms with Crippen LogP contribution in [-0.2, 0) is 14.8 Å². The maximum Gasteiger partial charge on any atom is 0.275 e. The van der Waals surface area contributed by atoms with E-state index in [-0.39, 0.29) is 11.9 Å². The van der Waals surface area contributed by atoms with E-state index in [1.54, 1.807) is 18.4 Å². The molecular weight excluding hydrogens is 378 g/mol. The van der Waals surface area contributed by atoms with Gasteiger partial charge in [-0.2, -0.15) is 4.31 Å². The number of carbonyl (C=O) groups excluding carboxylic acids is 1. The second-order valence-corrected chi connectivity index (χ2v) is 8.71. The van der Waals surface area contributed by atoms with Crippen LogP contribution in [0.4, 0.5) is 0 Å². The van der Waals surface area contributed by atoms with Crippen LogP contribution in [0.15, 0.2) is 58.6 Å². The van der Waals surface area contributed by atoms with E-state index in [2.05, 4.69) is 5.32 Å². The van der Waals surface area contributed by atoms with Gasteiger partial charge in [0.1, 0.15) is 5.76 Å². The third-order valence-corrected chi connectivity index (χ3v) is 6.34. The Morgan fingerprint density at radius 1 is 1.21 bits per heavy atom. The largest absolute Gasteiger partial charge is 0.467 e. The maximum absolute atomic E-state index is 12.5. The Bertz CT molecular complexity index is 887. The lowest BCUT2D eigenvalue weighted by molar-refractivity contribution is -0.895. The first-order valence-electron chi connectivity index (χ1n) is 9.33. The van der Waals surface area contributed by atoms with Crippen LogP contribution in [0.1, 0.15) is 24.3 Å². The van der Waals surface area contributed by atoms with Crippen LogP contribution < -0.4 is 10.2 Å². The van der Waals surface area contributed by atoms with Crippen molar-refractivity contribution in [3.8, 4) is 0 Å². The number of quaternary nitrogens is 1. The molecule has 0 unspecified atom stereocenters. The number of benzene rings is 1. The van der Waals surface area contributed by atoms with E-state index in [4.69, 9.17) is 4.42 Å². The second kappa shape index (κ2) is 9.18. The van der Waals surface area contributed by atoms with Gasteiger partial charge in [-0.3, -0.25) is 4.79 Å². The van der Waals surface area contributed by atoms with Gasteiger partial charge >= 0.3 is 0 Å². The van der Waals surface area contributed by atoms with Crippen molar-refractivity contribution in [2.24, 2.45) is 0 Å². The molecule has 3 rings (SSSR count). The summed E-state index contributed by atoms with van der Waals surface area (Å²) in [6.45, 7) is 4.19. The van der Waals surface area contributed by atoms with Crippen molar-refractivity contribution in [3.05, 3.63) is 65.5 Å². The standard InChI is InChI=1S/C20H25N3O4S/c1-17(19-8-5-14-27-19)21-20(24)16-22-10-12-23(13-11-22)28(25,26)15-9-18-6-3-2-4-7-18/h2-9,14-15,17H,10-13,16H2,1H3,(H,21,24)/p+1/b15-9+/t17-/m1/s1. The van der Waals surface area contributed by atoms with Gasteiger partial charge in [0, 0.05) is 5.41 Å². The monoisotopic (exact) mass is 404 g/mol. The molecule has 8 heteroatoms. The lowest BCUT2D eigenvalue weighted by Gasteiger charge is -2.30. The summed E-state index contributed by atoms with van der Waals surface area (Å²) in [6, 6.07) is 12.8. The minimum atomic E-state index is -3.46. The number of nitrogens with one attached hydrogen (secondary N) is 2. The fraction of sp³-hybridized carbons (Fsp3) is 0.350. The van der Waals surface area contributed by atoms with Crippen LogP contribution in [0.2, 0.25) is 0 Å². The van der Waals surface area contributed by atoms with Gasteiger partial charge in [-0.05, 0) is 30.7 Å². The molecule has 1 aromatic heterocycles. The fourth-order valence-electron chi connectivity index (χ4n) is 3.18. The minimum Gasteiger partial charge on any atom is -0.467 e. The molecular formula is C20H26N3O4S+. The van der Waals surface area contributed by atoms with Crippen LogP contribution in [0.3, 0.4) is 0 Å². The summed E-state index contributed by atoms with van der Waals surface area (Å²) in [5.74, 6) is 0.642. The van der Waals surface area contributed by atoms with Crippen molar-refractivity contribution in [2.45, 2.75) is 13.0 Å². The first kappa shape index (κ1) is 20.3. The van der Waals surface area contributed by atoms with Crippen molar-refractivity contribution in [1.82, 2.24) is 9.62 Å². The first-order valence-corrected chi connectivity index (χ1v) is 10.8. The number of hydrogen-bond donors (Lipinski definition) is 2. The smallest absolute Gasteiger partial charge is 0.275 e. The van der Waals surface area contributed by atoms with Gasteiger partial charge < -0.3 is 14.6 Å². The second-order valence-electron chi connectivity index (χ2n) is 6.89. The summed E-state index contributed by atoms with van der Waals surface area (Å²) in [7, 11) is -3.46. The molecule has 1 fully saturated rings. The lowest BCUT2D eigenvalue weighted by atomic mass is 10.2.